The number of hydrogen-bond acceptors (Lipinski definition) is 5. The second-order valence-corrected chi connectivity index (χ2v) is 7.55. The smallest absolute Gasteiger partial charge is 0.223 e. The van der Waals surface area contributed by atoms with Crippen LogP contribution in [0.1, 0.15) is 25.7 Å². The molecule has 2 aliphatic rings. The van der Waals surface area contributed by atoms with E-state index < -0.39 is 0 Å². The van der Waals surface area contributed by atoms with Crippen LogP contribution in [-0.4, -0.2) is 56.0 Å². The van der Waals surface area contributed by atoms with Crippen LogP contribution in [0.3, 0.4) is 0 Å². The van der Waals surface area contributed by atoms with Crippen LogP contribution in [0.15, 0.2) is 23.1 Å². The van der Waals surface area contributed by atoms with Crippen molar-refractivity contribution >= 4 is 17.7 Å². The quantitative estimate of drug-likeness (QED) is 0.799. The molecule has 1 aromatic carbocycles. The first kappa shape index (κ1) is 17.4. The fourth-order valence-electron chi connectivity index (χ4n) is 3.49. The van der Waals surface area contributed by atoms with Gasteiger partial charge in [0.05, 0.1) is 14.2 Å². The van der Waals surface area contributed by atoms with Gasteiger partial charge in [0.15, 0.2) is 11.5 Å². The third-order valence-electron chi connectivity index (χ3n) is 4.82. The Bertz CT molecular complexity index is 581. The first-order valence-corrected chi connectivity index (χ1v) is 9.57. The molecule has 5 nitrogen and oxygen atoms in total. The summed E-state index contributed by atoms with van der Waals surface area (Å²) in [5, 5.41) is 3.62. The molecule has 1 amide bonds. The molecule has 0 spiro atoms. The number of amides is 1. The van der Waals surface area contributed by atoms with E-state index in [1.165, 1.54) is 12.8 Å². The number of thioether (sulfide) groups is 1. The van der Waals surface area contributed by atoms with E-state index in [2.05, 4.69) is 5.32 Å². The molecule has 2 unspecified atom stereocenters. The molecular formula is C18H26N2O3S. The molecule has 1 aromatic rings. The van der Waals surface area contributed by atoms with Crippen LogP contribution in [0.25, 0.3) is 0 Å². The standard InChI is InChI=1S/C18H26N2O3S/c1-22-16-6-5-15(11-17(16)23-2)24-10-8-18(21)20-9-7-13-3-4-14(12-20)19-13/h5-6,11,13-14,19H,3-4,7-10,12H2,1-2H3. The molecule has 132 valence electrons. The van der Waals surface area contributed by atoms with Crippen LogP contribution in [0.4, 0.5) is 0 Å². The normalized spacial score (nSPS) is 23.0. The molecule has 0 radical (unpaired) electrons. The fraction of sp³-hybridized carbons (Fsp3) is 0.611. The van der Waals surface area contributed by atoms with Gasteiger partial charge in [-0.25, -0.2) is 0 Å². The predicted molar refractivity (Wildman–Crippen MR) is 96.0 cm³/mol. The van der Waals surface area contributed by atoms with Crippen molar-refractivity contribution in [1.29, 1.82) is 0 Å². The van der Waals surface area contributed by atoms with Crippen molar-refractivity contribution in [2.75, 3.05) is 33.1 Å². The van der Waals surface area contributed by atoms with Crippen molar-refractivity contribution in [3.63, 3.8) is 0 Å². The van der Waals surface area contributed by atoms with Crippen LogP contribution < -0.4 is 14.8 Å². The van der Waals surface area contributed by atoms with Gasteiger partial charge in [0.25, 0.3) is 0 Å². The van der Waals surface area contributed by atoms with E-state index in [9.17, 15) is 4.79 Å². The maximum Gasteiger partial charge on any atom is 0.223 e. The minimum Gasteiger partial charge on any atom is -0.493 e. The topological polar surface area (TPSA) is 50.8 Å². The number of ether oxygens (including phenoxy) is 2. The fourth-order valence-corrected chi connectivity index (χ4v) is 4.36. The Labute approximate surface area is 148 Å². The molecule has 0 aromatic heterocycles. The summed E-state index contributed by atoms with van der Waals surface area (Å²) in [6.07, 6.45) is 4.14. The molecule has 2 heterocycles. The molecule has 2 saturated heterocycles. The van der Waals surface area contributed by atoms with Crippen molar-refractivity contribution in [3.8, 4) is 11.5 Å². The summed E-state index contributed by atoms with van der Waals surface area (Å²) in [6, 6.07) is 6.99. The Hall–Kier alpha value is -1.40. The maximum atomic E-state index is 12.5. The number of carbonyl (C=O) groups is 1. The average Bonchev–Trinajstić information content (AvgIpc) is 2.93. The van der Waals surface area contributed by atoms with Crippen molar-refractivity contribution in [3.05, 3.63) is 18.2 Å². The number of nitrogens with one attached hydrogen (secondary N) is 1. The highest BCUT2D eigenvalue weighted by atomic mass is 32.2. The lowest BCUT2D eigenvalue weighted by molar-refractivity contribution is -0.130. The summed E-state index contributed by atoms with van der Waals surface area (Å²) in [5.41, 5.74) is 0. The van der Waals surface area contributed by atoms with E-state index in [4.69, 9.17) is 9.47 Å². The van der Waals surface area contributed by atoms with Crippen molar-refractivity contribution in [2.45, 2.75) is 42.7 Å². The zero-order valence-corrected chi connectivity index (χ0v) is 15.2. The Morgan fingerprint density at radius 2 is 2.00 bits per heavy atom. The zero-order valence-electron chi connectivity index (χ0n) is 14.4. The van der Waals surface area contributed by atoms with Gasteiger partial charge in [-0.3, -0.25) is 4.79 Å². The van der Waals surface area contributed by atoms with Crippen LogP contribution >= 0.6 is 11.8 Å². The molecule has 2 aliphatic heterocycles. The van der Waals surface area contributed by atoms with E-state index in [-0.39, 0.29) is 5.91 Å². The van der Waals surface area contributed by atoms with Gasteiger partial charge in [0.2, 0.25) is 5.91 Å². The lowest BCUT2D eigenvalue weighted by atomic mass is 10.1. The third-order valence-corrected chi connectivity index (χ3v) is 5.81. The summed E-state index contributed by atoms with van der Waals surface area (Å²) in [6.45, 7) is 1.77. The summed E-state index contributed by atoms with van der Waals surface area (Å²) >= 11 is 1.68. The largest absolute Gasteiger partial charge is 0.493 e. The molecule has 0 aliphatic carbocycles. The van der Waals surface area contributed by atoms with Crippen molar-refractivity contribution in [1.82, 2.24) is 10.2 Å². The molecule has 2 atom stereocenters. The Morgan fingerprint density at radius 1 is 1.21 bits per heavy atom. The van der Waals surface area contributed by atoms with E-state index >= 15 is 0 Å². The highest BCUT2D eigenvalue weighted by molar-refractivity contribution is 7.99. The number of hydrogen-bond donors (Lipinski definition) is 1. The molecule has 24 heavy (non-hydrogen) atoms. The number of fused-ring (bicyclic) bond motifs is 2. The first-order valence-electron chi connectivity index (χ1n) is 8.58. The van der Waals surface area contributed by atoms with Crippen molar-refractivity contribution < 1.29 is 14.3 Å². The highest BCUT2D eigenvalue weighted by Gasteiger charge is 2.30. The minimum atomic E-state index is 0.275. The molecular weight excluding hydrogens is 324 g/mol. The van der Waals surface area contributed by atoms with Crippen LogP contribution in [0.5, 0.6) is 11.5 Å². The number of methoxy groups -OCH3 is 2. The number of benzene rings is 1. The summed E-state index contributed by atoms with van der Waals surface area (Å²) in [4.78, 5) is 15.6. The number of likely N-dealkylation sites (tertiary alicyclic amines) is 1. The van der Waals surface area contributed by atoms with E-state index in [1.807, 2.05) is 23.1 Å². The second-order valence-electron chi connectivity index (χ2n) is 6.38. The molecule has 2 fully saturated rings. The summed E-state index contributed by atoms with van der Waals surface area (Å²) in [5.74, 6) is 2.51. The van der Waals surface area contributed by atoms with E-state index in [0.717, 1.165) is 41.7 Å². The van der Waals surface area contributed by atoms with Crippen LogP contribution in [0, 0.1) is 0 Å². The summed E-state index contributed by atoms with van der Waals surface area (Å²) < 4.78 is 10.6. The van der Waals surface area contributed by atoms with Crippen LogP contribution in [0.2, 0.25) is 0 Å². The third kappa shape index (κ3) is 4.16. The van der Waals surface area contributed by atoms with Gasteiger partial charge in [-0.05, 0) is 37.5 Å². The van der Waals surface area contributed by atoms with Gasteiger partial charge in [0.1, 0.15) is 0 Å². The Morgan fingerprint density at radius 3 is 2.79 bits per heavy atom. The molecule has 2 bridgehead atoms. The Kier molecular flexibility index (Phi) is 5.89. The van der Waals surface area contributed by atoms with Gasteiger partial charge >= 0.3 is 0 Å². The van der Waals surface area contributed by atoms with Crippen LogP contribution in [-0.2, 0) is 4.79 Å². The number of carbonyl (C=O) groups excluding carboxylic acids is 1. The van der Waals surface area contributed by atoms with E-state index in [0.29, 0.717) is 18.5 Å². The van der Waals surface area contributed by atoms with E-state index in [1.54, 1.807) is 26.0 Å². The van der Waals surface area contributed by atoms with Gasteiger partial charge in [-0.15, -0.1) is 11.8 Å². The SMILES string of the molecule is COc1ccc(SCCC(=O)N2CCC3CCC(C2)N3)cc1OC. The summed E-state index contributed by atoms with van der Waals surface area (Å²) in [7, 11) is 3.27. The second kappa shape index (κ2) is 8.12. The van der Waals surface area contributed by atoms with Gasteiger partial charge < -0.3 is 19.7 Å². The predicted octanol–water partition coefficient (Wildman–Crippen LogP) is 2.54. The zero-order chi connectivity index (χ0) is 16.9. The molecule has 1 N–H and O–H groups in total. The minimum absolute atomic E-state index is 0.275. The lowest BCUT2D eigenvalue weighted by Crippen LogP contribution is -2.39. The Balaban J connectivity index is 1.48. The van der Waals surface area contributed by atoms with Gasteiger partial charge in [-0.2, -0.15) is 0 Å². The molecule has 6 heteroatoms. The van der Waals surface area contributed by atoms with Gasteiger partial charge in [0, 0.05) is 42.2 Å². The average molecular weight is 350 g/mol. The lowest BCUT2D eigenvalue weighted by Gasteiger charge is -2.24. The van der Waals surface area contributed by atoms with Gasteiger partial charge in [-0.1, -0.05) is 0 Å². The monoisotopic (exact) mass is 350 g/mol. The maximum absolute atomic E-state index is 12.5. The number of rotatable bonds is 6. The molecule has 0 saturated carbocycles. The highest BCUT2D eigenvalue weighted by Crippen LogP contribution is 2.32. The first-order chi connectivity index (χ1) is 11.7. The molecule has 3 rings (SSSR count). The van der Waals surface area contributed by atoms with Crippen molar-refractivity contribution in [2.24, 2.45) is 0 Å². The number of nitrogens with zero attached hydrogens (tertiary/aromatic N) is 1.